The van der Waals surface area contributed by atoms with Crippen LogP contribution in [-0.4, -0.2) is 20.9 Å². The molecule has 0 bridgehead atoms. The van der Waals surface area contributed by atoms with Crippen molar-refractivity contribution in [3.8, 4) is 5.75 Å². The molecule has 1 amide bonds. The summed E-state index contributed by atoms with van der Waals surface area (Å²) in [7, 11) is -3.88. The zero-order valence-corrected chi connectivity index (χ0v) is 19.3. The summed E-state index contributed by atoms with van der Waals surface area (Å²) in [6, 6.07) is 16.3. The van der Waals surface area contributed by atoms with Crippen LogP contribution in [-0.2, 0) is 21.0 Å². The van der Waals surface area contributed by atoms with Crippen LogP contribution in [0.5, 0.6) is 5.75 Å². The molecule has 0 aliphatic rings. The summed E-state index contributed by atoms with van der Waals surface area (Å²) < 4.78 is 71.1. The number of amides is 1. The predicted molar refractivity (Wildman–Crippen MR) is 122 cm³/mol. The fourth-order valence-corrected chi connectivity index (χ4v) is 4.52. The topological polar surface area (TPSA) is 84.5 Å². The minimum atomic E-state index is -4.48. The standard InChI is InChI=1S/C23H20ClF3N2O4S/c1-15(16-5-3-2-4-6-16)29-34(31,32)19-11-12-21(20(24)13-19)33-14-22(30)28-18-9-7-17(8-10-18)23(25,26)27/h2-13,15,29H,14H2,1H3,(H,28,30)/t15-/m1/s1. The van der Waals surface area contributed by atoms with Gasteiger partial charge in [-0.3, -0.25) is 4.79 Å². The van der Waals surface area contributed by atoms with E-state index in [2.05, 4.69) is 10.0 Å². The molecule has 0 unspecified atom stereocenters. The number of sulfonamides is 1. The van der Waals surface area contributed by atoms with Gasteiger partial charge in [-0.2, -0.15) is 13.2 Å². The van der Waals surface area contributed by atoms with Gasteiger partial charge in [0.2, 0.25) is 10.0 Å². The molecule has 0 aliphatic heterocycles. The second-order valence-corrected chi connectivity index (χ2v) is 9.38. The maximum atomic E-state index is 12.7. The van der Waals surface area contributed by atoms with Gasteiger partial charge >= 0.3 is 6.18 Å². The predicted octanol–water partition coefficient (Wildman–Crippen LogP) is 5.42. The highest BCUT2D eigenvalue weighted by Gasteiger charge is 2.30. The van der Waals surface area contributed by atoms with Crippen molar-refractivity contribution < 1.29 is 31.1 Å². The van der Waals surface area contributed by atoms with Crippen LogP contribution in [0.25, 0.3) is 0 Å². The number of ether oxygens (including phenoxy) is 1. The van der Waals surface area contributed by atoms with Gasteiger partial charge in [-0.15, -0.1) is 0 Å². The van der Waals surface area contributed by atoms with Gasteiger partial charge in [0.05, 0.1) is 15.5 Å². The Balaban J connectivity index is 1.60. The zero-order chi connectivity index (χ0) is 24.9. The molecule has 11 heteroatoms. The number of rotatable bonds is 8. The van der Waals surface area contributed by atoms with E-state index >= 15 is 0 Å². The van der Waals surface area contributed by atoms with Crippen molar-refractivity contribution in [3.05, 3.63) is 88.9 Å². The molecule has 0 spiro atoms. The van der Waals surface area contributed by atoms with Crippen molar-refractivity contribution in [1.29, 1.82) is 0 Å². The molecular formula is C23H20ClF3N2O4S. The van der Waals surface area contributed by atoms with Crippen LogP contribution >= 0.6 is 11.6 Å². The van der Waals surface area contributed by atoms with Gasteiger partial charge in [0.15, 0.2) is 6.61 Å². The molecule has 3 rings (SSSR count). The first-order valence-corrected chi connectivity index (χ1v) is 11.8. The SMILES string of the molecule is C[C@@H](NS(=O)(=O)c1ccc(OCC(=O)Nc2ccc(C(F)(F)F)cc2)c(Cl)c1)c1ccccc1. The Labute approximate surface area is 199 Å². The van der Waals surface area contributed by atoms with Gasteiger partial charge in [0.1, 0.15) is 5.75 Å². The first-order valence-electron chi connectivity index (χ1n) is 9.92. The van der Waals surface area contributed by atoms with Crippen LogP contribution in [0.1, 0.15) is 24.1 Å². The number of nitrogens with one attached hydrogen (secondary N) is 2. The lowest BCUT2D eigenvalue weighted by Gasteiger charge is -2.15. The molecule has 0 aliphatic carbocycles. The molecule has 0 fully saturated rings. The van der Waals surface area contributed by atoms with E-state index in [9.17, 15) is 26.4 Å². The van der Waals surface area contributed by atoms with Crippen LogP contribution in [0.4, 0.5) is 18.9 Å². The van der Waals surface area contributed by atoms with Gasteiger partial charge < -0.3 is 10.1 Å². The summed E-state index contributed by atoms with van der Waals surface area (Å²) in [4.78, 5) is 12.0. The van der Waals surface area contributed by atoms with E-state index in [1.807, 2.05) is 6.07 Å². The van der Waals surface area contributed by atoms with Gasteiger partial charge in [-0.25, -0.2) is 13.1 Å². The molecule has 0 radical (unpaired) electrons. The lowest BCUT2D eigenvalue weighted by atomic mass is 10.1. The summed E-state index contributed by atoms with van der Waals surface area (Å²) >= 11 is 6.14. The van der Waals surface area contributed by atoms with E-state index in [0.717, 1.165) is 29.8 Å². The average molecular weight is 513 g/mol. The van der Waals surface area contributed by atoms with Crippen molar-refractivity contribution in [1.82, 2.24) is 4.72 Å². The van der Waals surface area contributed by atoms with E-state index in [-0.39, 0.29) is 21.4 Å². The number of hydrogen-bond donors (Lipinski definition) is 2. The third-order valence-corrected chi connectivity index (χ3v) is 6.53. The fraction of sp³-hybridized carbons (Fsp3) is 0.174. The molecular weight excluding hydrogens is 493 g/mol. The Bertz CT molecular complexity index is 1250. The normalized spacial score (nSPS) is 12.7. The first-order chi connectivity index (χ1) is 16.0. The highest BCUT2D eigenvalue weighted by molar-refractivity contribution is 7.89. The van der Waals surface area contributed by atoms with E-state index < -0.39 is 40.3 Å². The van der Waals surface area contributed by atoms with Crippen LogP contribution in [0, 0.1) is 0 Å². The molecule has 180 valence electrons. The largest absolute Gasteiger partial charge is 0.482 e. The van der Waals surface area contributed by atoms with E-state index in [4.69, 9.17) is 16.3 Å². The fourth-order valence-electron chi connectivity index (χ4n) is 2.96. The van der Waals surface area contributed by atoms with Crippen LogP contribution in [0.2, 0.25) is 5.02 Å². The van der Waals surface area contributed by atoms with E-state index in [1.54, 1.807) is 31.2 Å². The van der Waals surface area contributed by atoms with E-state index in [0.29, 0.717) is 0 Å². The summed E-state index contributed by atoms with van der Waals surface area (Å²) in [5.74, 6) is -0.565. The molecule has 3 aromatic carbocycles. The number of alkyl halides is 3. The Morgan fingerprint density at radius 1 is 1.03 bits per heavy atom. The lowest BCUT2D eigenvalue weighted by Crippen LogP contribution is -2.27. The number of carbonyl (C=O) groups is 1. The van der Waals surface area contributed by atoms with Crippen molar-refractivity contribution in [2.75, 3.05) is 11.9 Å². The van der Waals surface area contributed by atoms with Crippen LogP contribution < -0.4 is 14.8 Å². The van der Waals surface area contributed by atoms with Crippen molar-refractivity contribution in [3.63, 3.8) is 0 Å². The summed E-state index contributed by atoms with van der Waals surface area (Å²) in [5.41, 5.74) is 0.111. The molecule has 3 aromatic rings. The first kappa shape index (κ1) is 25.5. The minimum Gasteiger partial charge on any atom is -0.482 e. The maximum Gasteiger partial charge on any atom is 0.416 e. The van der Waals surface area contributed by atoms with Gasteiger partial charge in [0.25, 0.3) is 5.91 Å². The molecule has 1 atom stereocenters. The molecule has 2 N–H and O–H groups in total. The van der Waals surface area contributed by atoms with Crippen molar-refractivity contribution in [2.45, 2.75) is 24.0 Å². The van der Waals surface area contributed by atoms with Crippen LogP contribution in [0.3, 0.4) is 0 Å². The second kappa shape index (κ2) is 10.5. The Hall–Kier alpha value is -3.08. The molecule has 0 heterocycles. The monoisotopic (exact) mass is 512 g/mol. The number of hydrogen-bond acceptors (Lipinski definition) is 4. The maximum absolute atomic E-state index is 12.7. The number of anilines is 1. The van der Waals surface area contributed by atoms with Crippen LogP contribution in [0.15, 0.2) is 77.7 Å². The number of halogens is 4. The van der Waals surface area contributed by atoms with Crippen molar-refractivity contribution in [2.24, 2.45) is 0 Å². The highest BCUT2D eigenvalue weighted by Crippen LogP contribution is 2.30. The minimum absolute atomic E-state index is 0.0300. The highest BCUT2D eigenvalue weighted by atomic mass is 35.5. The average Bonchev–Trinajstić information content (AvgIpc) is 2.78. The lowest BCUT2D eigenvalue weighted by molar-refractivity contribution is -0.137. The number of benzene rings is 3. The van der Waals surface area contributed by atoms with E-state index in [1.165, 1.54) is 18.2 Å². The quantitative estimate of drug-likeness (QED) is 0.422. The molecule has 6 nitrogen and oxygen atoms in total. The molecule has 0 saturated carbocycles. The third kappa shape index (κ3) is 6.72. The zero-order valence-electron chi connectivity index (χ0n) is 17.8. The smallest absolute Gasteiger partial charge is 0.416 e. The van der Waals surface area contributed by atoms with Crippen molar-refractivity contribution >= 4 is 33.2 Å². The number of carbonyl (C=O) groups excluding carboxylic acids is 1. The Morgan fingerprint density at radius 2 is 1.68 bits per heavy atom. The summed E-state index contributed by atoms with van der Waals surface area (Å²) in [6.45, 7) is 1.22. The van der Waals surface area contributed by atoms with Gasteiger partial charge in [-0.05, 0) is 55.0 Å². The third-order valence-electron chi connectivity index (χ3n) is 4.70. The molecule has 0 aromatic heterocycles. The molecule has 0 saturated heterocycles. The Kier molecular flexibility index (Phi) is 7.86. The summed E-state index contributed by atoms with van der Waals surface area (Å²) in [5, 5.41) is 2.37. The van der Waals surface area contributed by atoms with Gasteiger partial charge in [-0.1, -0.05) is 41.9 Å². The Morgan fingerprint density at radius 3 is 2.26 bits per heavy atom. The molecule has 34 heavy (non-hydrogen) atoms. The van der Waals surface area contributed by atoms with Gasteiger partial charge in [0, 0.05) is 11.7 Å². The second-order valence-electron chi connectivity index (χ2n) is 7.26. The summed E-state index contributed by atoms with van der Waals surface area (Å²) in [6.07, 6.45) is -4.48.